The van der Waals surface area contributed by atoms with Crippen LogP contribution in [0.5, 0.6) is 0 Å². The molecular formula is C16H20N2O3. The van der Waals surface area contributed by atoms with Crippen LogP contribution in [-0.4, -0.2) is 24.2 Å². The number of benzene rings is 1. The summed E-state index contributed by atoms with van der Waals surface area (Å²) in [7, 11) is 0. The fraction of sp³-hybridized carbons (Fsp3) is 0.312. The number of aryl methyl sites for hydroxylation is 1. The monoisotopic (exact) mass is 288 g/mol. The average Bonchev–Trinajstić information content (AvgIpc) is 2.91. The largest absolute Gasteiger partial charge is 0.464 e. The van der Waals surface area contributed by atoms with Crippen LogP contribution < -0.4 is 10.6 Å². The predicted molar refractivity (Wildman–Crippen MR) is 81.3 cm³/mol. The second-order valence-corrected chi connectivity index (χ2v) is 4.87. The van der Waals surface area contributed by atoms with Crippen LogP contribution in [0, 0.1) is 6.92 Å². The van der Waals surface area contributed by atoms with E-state index in [2.05, 4.69) is 10.6 Å². The maximum absolute atomic E-state index is 11.8. The number of rotatable bonds is 6. The Balaban J connectivity index is 2.05. The molecule has 5 nitrogen and oxygen atoms in total. The Morgan fingerprint density at radius 1 is 1.33 bits per heavy atom. The van der Waals surface area contributed by atoms with Gasteiger partial charge in [0.2, 0.25) is 0 Å². The number of hydrogen-bond acceptors (Lipinski definition) is 4. The lowest BCUT2D eigenvalue weighted by Gasteiger charge is -2.14. The molecule has 1 aromatic heterocycles. The minimum Gasteiger partial charge on any atom is -0.464 e. The van der Waals surface area contributed by atoms with Crippen molar-refractivity contribution < 1.29 is 14.3 Å². The molecule has 0 radical (unpaired) electrons. The highest BCUT2D eigenvalue weighted by Crippen LogP contribution is 2.21. The van der Waals surface area contributed by atoms with Gasteiger partial charge < -0.3 is 20.2 Å². The molecule has 1 atom stereocenters. The molecule has 5 heteroatoms. The smallest absolute Gasteiger partial charge is 0.251 e. The zero-order valence-electron chi connectivity index (χ0n) is 12.2. The van der Waals surface area contributed by atoms with Gasteiger partial charge in [0.15, 0.2) is 0 Å². The molecule has 3 N–H and O–H groups in total. The number of anilines is 1. The maximum Gasteiger partial charge on any atom is 0.251 e. The summed E-state index contributed by atoms with van der Waals surface area (Å²) < 4.78 is 5.58. The Kier molecular flexibility index (Phi) is 5.00. The molecular weight excluding hydrogens is 268 g/mol. The highest BCUT2D eigenvalue weighted by atomic mass is 16.3. The van der Waals surface area contributed by atoms with Gasteiger partial charge in [-0.3, -0.25) is 4.79 Å². The summed E-state index contributed by atoms with van der Waals surface area (Å²) in [4.78, 5) is 11.8. The molecule has 1 unspecified atom stereocenters. The first kappa shape index (κ1) is 15.1. The zero-order chi connectivity index (χ0) is 15.2. The van der Waals surface area contributed by atoms with Crippen molar-refractivity contribution in [1.29, 1.82) is 0 Å². The number of carbonyl (C=O) groups is 1. The van der Waals surface area contributed by atoms with E-state index >= 15 is 0 Å². The van der Waals surface area contributed by atoms with Crippen LogP contribution in [0.1, 0.15) is 34.8 Å². The summed E-state index contributed by atoms with van der Waals surface area (Å²) in [5, 5.41) is 14.7. The molecule has 1 amide bonds. The first-order valence-electron chi connectivity index (χ1n) is 6.92. The second kappa shape index (κ2) is 6.95. The highest BCUT2D eigenvalue weighted by Gasteiger charge is 2.11. The van der Waals surface area contributed by atoms with Crippen LogP contribution in [-0.2, 0) is 0 Å². The Bertz CT molecular complexity index is 607. The van der Waals surface area contributed by atoms with Gasteiger partial charge in [-0.25, -0.2) is 0 Å². The quantitative estimate of drug-likeness (QED) is 0.763. The Labute approximate surface area is 124 Å². The zero-order valence-corrected chi connectivity index (χ0v) is 12.2. The summed E-state index contributed by atoms with van der Waals surface area (Å²) in [5.41, 5.74) is 1.39. The van der Waals surface area contributed by atoms with E-state index in [1.807, 2.05) is 38.1 Å². The van der Waals surface area contributed by atoms with Crippen molar-refractivity contribution in [2.45, 2.75) is 19.9 Å². The molecule has 0 aliphatic carbocycles. The molecule has 2 aromatic rings. The Hall–Kier alpha value is -2.27. The number of aliphatic hydroxyl groups excluding tert-OH is 1. The minimum absolute atomic E-state index is 0.00875. The van der Waals surface area contributed by atoms with Gasteiger partial charge in [0.25, 0.3) is 5.91 Å². The first-order chi connectivity index (χ1) is 10.1. The maximum atomic E-state index is 11.8. The molecule has 1 aromatic carbocycles. The van der Waals surface area contributed by atoms with Crippen LogP contribution in [0.3, 0.4) is 0 Å². The summed E-state index contributed by atoms with van der Waals surface area (Å²) >= 11 is 0. The van der Waals surface area contributed by atoms with Crippen molar-refractivity contribution in [2.75, 3.05) is 18.5 Å². The van der Waals surface area contributed by atoms with E-state index < -0.39 is 0 Å². The van der Waals surface area contributed by atoms with Gasteiger partial charge in [-0.1, -0.05) is 6.07 Å². The van der Waals surface area contributed by atoms with E-state index in [-0.39, 0.29) is 25.1 Å². The lowest BCUT2D eigenvalue weighted by molar-refractivity contribution is 0.0945. The Morgan fingerprint density at radius 2 is 2.14 bits per heavy atom. The molecule has 0 bridgehead atoms. The van der Waals surface area contributed by atoms with Crippen molar-refractivity contribution in [3.05, 3.63) is 53.5 Å². The lowest BCUT2D eigenvalue weighted by atomic mass is 10.1. The number of carbonyl (C=O) groups excluding carboxylic acids is 1. The van der Waals surface area contributed by atoms with Crippen molar-refractivity contribution in [3.8, 4) is 0 Å². The molecule has 0 saturated carbocycles. The standard InChI is InChI=1S/C16H20N2O3/c1-11-6-7-15(21-11)12(2)18-14-5-3-4-13(10-14)16(20)17-8-9-19/h3-7,10,12,18-19H,8-9H2,1-2H3,(H,17,20). The number of hydrogen-bond donors (Lipinski definition) is 3. The SMILES string of the molecule is Cc1ccc(C(C)Nc2cccc(C(=O)NCCO)c2)o1. The molecule has 2 rings (SSSR count). The molecule has 112 valence electrons. The summed E-state index contributed by atoms with van der Waals surface area (Å²) in [6.07, 6.45) is 0. The third-order valence-corrected chi connectivity index (χ3v) is 3.09. The van der Waals surface area contributed by atoms with E-state index in [4.69, 9.17) is 9.52 Å². The lowest BCUT2D eigenvalue weighted by Crippen LogP contribution is -2.26. The van der Waals surface area contributed by atoms with Gasteiger partial charge in [0.05, 0.1) is 12.6 Å². The third kappa shape index (κ3) is 4.10. The molecule has 0 aliphatic rings. The minimum atomic E-state index is -0.200. The van der Waals surface area contributed by atoms with Crippen LogP contribution >= 0.6 is 0 Å². The summed E-state index contributed by atoms with van der Waals surface area (Å²) in [5.74, 6) is 1.52. The fourth-order valence-corrected chi connectivity index (χ4v) is 2.03. The van der Waals surface area contributed by atoms with Crippen molar-refractivity contribution in [2.24, 2.45) is 0 Å². The van der Waals surface area contributed by atoms with Gasteiger partial charge >= 0.3 is 0 Å². The number of amides is 1. The van der Waals surface area contributed by atoms with Crippen molar-refractivity contribution in [1.82, 2.24) is 5.32 Å². The summed E-state index contributed by atoms with van der Waals surface area (Å²) in [6.45, 7) is 4.08. The number of nitrogens with one attached hydrogen (secondary N) is 2. The van der Waals surface area contributed by atoms with Gasteiger partial charge in [0, 0.05) is 17.8 Å². The normalized spacial score (nSPS) is 12.0. The molecule has 0 aliphatic heterocycles. The molecule has 21 heavy (non-hydrogen) atoms. The van der Waals surface area contributed by atoms with Gasteiger partial charge in [-0.05, 0) is 44.2 Å². The van der Waals surface area contributed by atoms with Crippen LogP contribution in [0.4, 0.5) is 5.69 Å². The van der Waals surface area contributed by atoms with Crippen LogP contribution in [0.25, 0.3) is 0 Å². The van der Waals surface area contributed by atoms with E-state index in [1.165, 1.54) is 0 Å². The van der Waals surface area contributed by atoms with Crippen LogP contribution in [0.15, 0.2) is 40.8 Å². The first-order valence-corrected chi connectivity index (χ1v) is 6.92. The van der Waals surface area contributed by atoms with Crippen LogP contribution in [0.2, 0.25) is 0 Å². The highest BCUT2D eigenvalue weighted by molar-refractivity contribution is 5.95. The Morgan fingerprint density at radius 3 is 2.81 bits per heavy atom. The third-order valence-electron chi connectivity index (χ3n) is 3.09. The molecule has 0 fully saturated rings. The van der Waals surface area contributed by atoms with Gasteiger partial charge in [0.1, 0.15) is 11.5 Å². The topological polar surface area (TPSA) is 74.5 Å². The molecule has 0 spiro atoms. The van der Waals surface area contributed by atoms with E-state index in [9.17, 15) is 4.79 Å². The van der Waals surface area contributed by atoms with E-state index in [0.29, 0.717) is 5.56 Å². The van der Waals surface area contributed by atoms with Gasteiger partial charge in [-0.2, -0.15) is 0 Å². The molecule has 0 saturated heterocycles. The van der Waals surface area contributed by atoms with Gasteiger partial charge in [-0.15, -0.1) is 0 Å². The molecule has 1 heterocycles. The van der Waals surface area contributed by atoms with Crippen molar-refractivity contribution in [3.63, 3.8) is 0 Å². The number of furan rings is 1. The van der Waals surface area contributed by atoms with Crippen molar-refractivity contribution >= 4 is 11.6 Å². The van der Waals surface area contributed by atoms with E-state index in [0.717, 1.165) is 17.2 Å². The summed E-state index contributed by atoms with van der Waals surface area (Å²) in [6, 6.07) is 11.1. The fourth-order valence-electron chi connectivity index (χ4n) is 2.03. The van der Waals surface area contributed by atoms with E-state index in [1.54, 1.807) is 12.1 Å². The average molecular weight is 288 g/mol. The second-order valence-electron chi connectivity index (χ2n) is 4.87. The predicted octanol–water partition coefficient (Wildman–Crippen LogP) is 2.48. The number of aliphatic hydroxyl groups is 1.